The largest absolute Gasteiger partial charge is 0.366 e. The van der Waals surface area contributed by atoms with Gasteiger partial charge in [-0.15, -0.1) is 0 Å². The number of benzene rings is 1. The van der Waals surface area contributed by atoms with Crippen molar-refractivity contribution in [3.05, 3.63) is 52.6 Å². The second-order valence-electron chi connectivity index (χ2n) is 4.10. The highest BCUT2D eigenvalue weighted by Gasteiger charge is 2.07. The Hall–Kier alpha value is -1.49. The average molecular weight is 310 g/mol. The van der Waals surface area contributed by atoms with Gasteiger partial charge in [-0.1, -0.05) is 12.1 Å². The van der Waals surface area contributed by atoms with Crippen molar-refractivity contribution >= 4 is 21.7 Å². The molecule has 18 heavy (non-hydrogen) atoms. The normalized spacial score (nSPS) is 12.2. The Balaban J connectivity index is 1.99. The number of rotatable bonds is 4. The summed E-state index contributed by atoms with van der Waals surface area (Å²) in [5.74, 6) is 0.553. The molecule has 0 spiro atoms. The molecule has 0 aliphatic heterocycles. The summed E-state index contributed by atoms with van der Waals surface area (Å²) in [7, 11) is 0. The number of halogens is 2. The van der Waals surface area contributed by atoms with E-state index in [4.69, 9.17) is 0 Å². The van der Waals surface area contributed by atoms with Gasteiger partial charge in [0.05, 0.1) is 4.47 Å². The van der Waals surface area contributed by atoms with Gasteiger partial charge in [0.15, 0.2) is 0 Å². The molecule has 1 atom stereocenters. The fourth-order valence-electron chi connectivity index (χ4n) is 1.68. The topological polar surface area (TPSA) is 37.8 Å². The number of anilines is 1. The molecule has 5 heteroatoms. The number of hydrogen-bond donors (Lipinski definition) is 1. The molecule has 0 fully saturated rings. The zero-order valence-corrected chi connectivity index (χ0v) is 11.5. The van der Waals surface area contributed by atoms with E-state index in [1.54, 1.807) is 18.3 Å². The highest BCUT2D eigenvalue weighted by molar-refractivity contribution is 9.10. The molecule has 0 radical (unpaired) electrons. The minimum Gasteiger partial charge on any atom is -0.366 e. The molecule has 0 saturated heterocycles. The smallest absolute Gasteiger partial charge is 0.143 e. The van der Waals surface area contributed by atoms with Gasteiger partial charge >= 0.3 is 0 Å². The van der Waals surface area contributed by atoms with Crippen LogP contribution in [0.4, 0.5) is 10.2 Å². The molecule has 94 valence electrons. The van der Waals surface area contributed by atoms with Crippen LogP contribution >= 0.6 is 15.9 Å². The Morgan fingerprint density at radius 2 is 2.06 bits per heavy atom. The van der Waals surface area contributed by atoms with Crippen molar-refractivity contribution in [3.8, 4) is 0 Å². The highest BCUT2D eigenvalue weighted by atomic mass is 79.9. The van der Waals surface area contributed by atoms with Crippen LogP contribution in [0.1, 0.15) is 12.5 Å². The lowest BCUT2D eigenvalue weighted by molar-refractivity contribution is 0.626. The first kappa shape index (κ1) is 13.0. The number of nitrogens with one attached hydrogen (secondary N) is 1. The molecular weight excluding hydrogens is 297 g/mol. The van der Waals surface area contributed by atoms with Crippen molar-refractivity contribution in [2.45, 2.75) is 19.4 Å². The summed E-state index contributed by atoms with van der Waals surface area (Å²) in [6, 6.07) is 6.73. The van der Waals surface area contributed by atoms with Crippen molar-refractivity contribution in [3.63, 3.8) is 0 Å². The lowest BCUT2D eigenvalue weighted by Crippen LogP contribution is -2.19. The third-order valence-electron chi connectivity index (χ3n) is 2.51. The van der Waals surface area contributed by atoms with E-state index in [2.05, 4.69) is 38.1 Å². The third-order valence-corrected chi connectivity index (χ3v) is 3.09. The predicted octanol–water partition coefficient (Wildman–Crippen LogP) is 3.42. The maximum absolute atomic E-state index is 12.8. The minimum atomic E-state index is -0.210. The van der Waals surface area contributed by atoms with Gasteiger partial charge in [0.1, 0.15) is 18.0 Å². The molecule has 0 aliphatic rings. The van der Waals surface area contributed by atoms with Gasteiger partial charge in [-0.05, 0) is 47.0 Å². The molecule has 0 aliphatic carbocycles. The van der Waals surface area contributed by atoms with Gasteiger partial charge in [-0.25, -0.2) is 14.4 Å². The van der Waals surface area contributed by atoms with Crippen LogP contribution in [-0.2, 0) is 6.42 Å². The maximum Gasteiger partial charge on any atom is 0.143 e. The van der Waals surface area contributed by atoms with Crippen LogP contribution < -0.4 is 5.32 Å². The highest BCUT2D eigenvalue weighted by Crippen LogP contribution is 2.18. The molecule has 1 unspecified atom stereocenters. The first-order valence-electron chi connectivity index (χ1n) is 5.61. The van der Waals surface area contributed by atoms with Crippen LogP contribution in [0.25, 0.3) is 0 Å². The van der Waals surface area contributed by atoms with Crippen LogP contribution in [0.5, 0.6) is 0 Å². The van der Waals surface area contributed by atoms with Gasteiger partial charge in [0.2, 0.25) is 0 Å². The molecule has 1 aromatic carbocycles. The minimum absolute atomic E-state index is 0.196. The molecule has 0 bridgehead atoms. The second kappa shape index (κ2) is 5.91. The van der Waals surface area contributed by atoms with Gasteiger partial charge in [-0.3, -0.25) is 0 Å². The van der Waals surface area contributed by atoms with E-state index in [0.717, 1.165) is 22.3 Å². The van der Waals surface area contributed by atoms with Gasteiger partial charge in [-0.2, -0.15) is 0 Å². The zero-order valence-electron chi connectivity index (χ0n) is 9.90. The Bertz CT molecular complexity index is 516. The fraction of sp³-hybridized carbons (Fsp3) is 0.231. The lowest BCUT2D eigenvalue weighted by Gasteiger charge is -2.15. The van der Waals surface area contributed by atoms with E-state index in [-0.39, 0.29) is 11.9 Å². The van der Waals surface area contributed by atoms with Gasteiger partial charge < -0.3 is 5.32 Å². The maximum atomic E-state index is 12.8. The molecule has 3 nitrogen and oxygen atoms in total. The molecule has 1 heterocycles. The summed E-state index contributed by atoms with van der Waals surface area (Å²) in [5, 5.41) is 3.28. The van der Waals surface area contributed by atoms with Crippen molar-refractivity contribution < 1.29 is 4.39 Å². The van der Waals surface area contributed by atoms with Crippen molar-refractivity contribution in [2.24, 2.45) is 0 Å². The van der Waals surface area contributed by atoms with E-state index in [0.29, 0.717) is 0 Å². The molecule has 2 aromatic rings. The van der Waals surface area contributed by atoms with E-state index in [1.165, 1.54) is 18.5 Å². The van der Waals surface area contributed by atoms with Gasteiger partial charge in [0.25, 0.3) is 0 Å². The van der Waals surface area contributed by atoms with Crippen molar-refractivity contribution in [2.75, 3.05) is 5.32 Å². The molecular formula is C13H13BrFN3. The SMILES string of the molecule is CC(Cc1ccc(F)cc1)Nc1ncncc1Br. The summed E-state index contributed by atoms with van der Waals surface area (Å²) in [6.07, 6.45) is 3.99. The Morgan fingerprint density at radius 3 is 2.72 bits per heavy atom. The standard InChI is InChI=1S/C13H13BrFN3/c1-9(6-10-2-4-11(15)5-3-10)18-13-12(14)7-16-8-17-13/h2-5,7-9H,6H2,1H3,(H,16,17,18). The average Bonchev–Trinajstić information content (AvgIpc) is 2.35. The first-order valence-corrected chi connectivity index (χ1v) is 6.41. The lowest BCUT2D eigenvalue weighted by atomic mass is 10.1. The second-order valence-corrected chi connectivity index (χ2v) is 4.95. The number of aromatic nitrogens is 2. The van der Waals surface area contributed by atoms with E-state index >= 15 is 0 Å². The van der Waals surface area contributed by atoms with Gasteiger partial charge in [0, 0.05) is 12.2 Å². The summed E-state index contributed by atoms with van der Waals surface area (Å²) in [6.45, 7) is 2.05. The summed E-state index contributed by atoms with van der Waals surface area (Å²) in [5.41, 5.74) is 1.08. The van der Waals surface area contributed by atoms with E-state index < -0.39 is 0 Å². The summed E-state index contributed by atoms with van der Waals surface area (Å²) < 4.78 is 13.6. The van der Waals surface area contributed by atoms with Crippen LogP contribution in [0.2, 0.25) is 0 Å². The Morgan fingerprint density at radius 1 is 1.33 bits per heavy atom. The zero-order chi connectivity index (χ0) is 13.0. The van der Waals surface area contributed by atoms with Crippen molar-refractivity contribution in [1.82, 2.24) is 9.97 Å². The van der Waals surface area contributed by atoms with E-state index in [9.17, 15) is 4.39 Å². The first-order chi connectivity index (χ1) is 8.65. The summed E-state index contributed by atoms with van der Waals surface area (Å²) >= 11 is 3.38. The van der Waals surface area contributed by atoms with Crippen molar-refractivity contribution in [1.29, 1.82) is 0 Å². The molecule has 1 N–H and O–H groups in total. The van der Waals surface area contributed by atoms with Crippen LogP contribution in [0, 0.1) is 5.82 Å². The molecule has 2 rings (SSSR count). The number of nitrogens with zero attached hydrogens (tertiary/aromatic N) is 2. The molecule has 1 aromatic heterocycles. The van der Waals surface area contributed by atoms with E-state index in [1.807, 2.05) is 0 Å². The van der Waals surface area contributed by atoms with Crippen LogP contribution in [-0.4, -0.2) is 16.0 Å². The van der Waals surface area contributed by atoms with Crippen LogP contribution in [0.3, 0.4) is 0 Å². The predicted molar refractivity (Wildman–Crippen MR) is 72.9 cm³/mol. The quantitative estimate of drug-likeness (QED) is 0.940. The summed E-state index contributed by atoms with van der Waals surface area (Å²) in [4.78, 5) is 8.05. The van der Waals surface area contributed by atoms with Crippen LogP contribution in [0.15, 0.2) is 41.3 Å². The fourth-order valence-corrected chi connectivity index (χ4v) is 2.01. The third kappa shape index (κ3) is 3.50. The monoisotopic (exact) mass is 309 g/mol. The molecule has 0 amide bonds. The Kier molecular flexibility index (Phi) is 4.25. The Labute approximate surface area is 114 Å². The number of hydrogen-bond acceptors (Lipinski definition) is 3. The molecule has 0 saturated carbocycles.